The Balaban J connectivity index is 1.84. The van der Waals surface area contributed by atoms with Crippen molar-refractivity contribution in [2.75, 3.05) is 13.1 Å². The zero-order valence-electron chi connectivity index (χ0n) is 19.6. The molecule has 0 radical (unpaired) electrons. The van der Waals surface area contributed by atoms with Crippen LogP contribution in [0.2, 0.25) is 0 Å². The van der Waals surface area contributed by atoms with Crippen LogP contribution in [0.25, 0.3) is 16.9 Å². The van der Waals surface area contributed by atoms with E-state index in [1.807, 2.05) is 13.1 Å². The second-order valence-corrected chi connectivity index (χ2v) is 8.53. The van der Waals surface area contributed by atoms with Gasteiger partial charge in [-0.3, -0.25) is 4.57 Å². The van der Waals surface area contributed by atoms with Gasteiger partial charge in [0.1, 0.15) is 11.3 Å². The number of benzene rings is 1. The van der Waals surface area contributed by atoms with Gasteiger partial charge < -0.3 is 10.6 Å². The molecule has 2 N–H and O–H groups in total. The molecule has 0 saturated heterocycles. The Morgan fingerprint density at radius 3 is 2.62 bits per heavy atom. The lowest BCUT2D eigenvalue weighted by atomic mass is 9.99. The topological polar surface area (TPSA) is 54.8 Å². The zero-order chi connectivity index (χ0) is 22.9. The van der Waals surface area contributed by atoms with Crippen molar-refractivity contribution < 1.29 is 0 Å². The molecule has 3 rings (SSSR count). The Hall–Kier alpha value is -3.26. The predicted octanol–water partition coefficient (Wildman–Crippen LogP) is 4.79. The lowest BCUT2D eigenvalue weighted by molar-refractivity contribution is 0.488. The van der Waals surface area contributed by atoms with Gasteiger partial charge in [0.25, 0.3) is 0 Å². The number of allylic oxidation sites excluding steroid dienone is 1. The highest BCUT2D eigenvalue weighted by atomic mass is 15.1. The molecule has 1 aromatic carbocycles. The summed E-state index contributed by atoms with van der Waals surface area (Å²) in [7, 11) is 0. The van der Waals surface area contributed by atoms with Crippen molar-refractivity contribution in [3.05, 3.63) is 65.8 Å². The number of pyridine rings is 1. The fourth-order valence-corrected chi connectivity index (χ4v) is 3.85. The molecule has 2 heterocycles. The Morgan fingerprint density at radius 1 is 1.16 bits per heavy atom. The molecule has 5 heteroatoms. The van der Waals surface area contributed by atoms with Crippen LogP contribution in [0.4, 0.5) is 0 Å². The number of imidazole rings is 1. The molecular formula is C27H35N5. The summed E-state index contributed by atoms with van der Waals surface area (Å²) in [6, 6.07) is 13.4. The van der Waals surface area contributed by atoms with Gasteiger partial charge >= 0.3 is 0 Å². The Labute approximate surface area is 192 Å². The summed E-state index contributed by atoms with van der Waals surface area (Å²) in [4.78, 5) is 9.82. The van der Waals surface area contributed by atoms with Crippen LogP contribution in [0.5, 0.6) is 0 Å². The van der Waals surface area contributed by atoms with Crippen LogP contribution in [0.1, 0.15) is 50.6 Å². The van der Waals surface area contributed by atoms with Gasteiger partial charge in [-0.05, 0) is 67.9 Å². The van der Waals surface area contributed by atoms with Gasteiger partial charge in [-0.1, -0.05) is 39.0 Å². The highest BCUT2D eigenvalue weighted by molar-refractivity contribution is 5.74. The average Bonchev–Trinajstić information content (AvgIpc) is 3.15. The molecule has 5 nitrogen and oxygen atoms in total. The van der Waals surface area contributed by atoms with Gasteiger partial charge in [0.15, 0.2) is 5.65 Å². The highest BCUT2D eigenvalue weighted by Crippen LogP contribution is 2.23. The minimum Gasteiger partial charge on any atom is -0.389 e. The largest absolute Gasteiger partial charge is 0.389 e. The molecule has 0 spiro atoms. The van der Waals surface area contributed by atoms with E-state index in [9.17, 15) is 0 Å². The fraction of sp³-hybridized carbons (Fsp3) is 0.407. The SMILES string of the molecule is C#CNCCC(C)CCc1cnc2c(c1)nc(CCNC(=C)C)n2-c1ccc(CC)cc1. The van der Waals surface area contributed by atoms with E-state index >= 15 is 0 Å². The van der Waals surface area contributed by atoms with Gasteiger partial charge in [0.05, 0.1) is 0 Å². The van der Waals surface area contributed by atoms with E-state index in [1.54, 1.807) is 0 Å². The molecule has 2 aromatic heterocycles. The van der Waals surface area contributed by atoms with Crippen LogP contribution in [0, 0.1) is 18.4 Å². The first kappa shape index (κ1) is 23.4. The molecule has 0 aliphatic heterocycles. The first-order chi connectivity index (χ1) is 15.5. The van der Waals surface area contributed by atoms with Crippen molar-refractivity contribution in [3.8, 4) is 18.2 Å². The molecule has 0 amide bonds. The molecule has 1 atom stereocenters. The van der Waals surface area contributed by atoms with Crippen molar-refractivity contribution >= 4 is 11.2 Å². The third-order valence-electron chi connectivity index (χ3n) is 5.79. The number of rotatable bonds is 12. The van der Waals surface area contributed by atoms with Gasteiger partial charge in [-0.15, -0.1) is 0 Å². The zero-order valence-corrected chi connectivity index (χ0v) is 19.6. The molecule has 0 saturated carbocycles. The lowest BCUT2D eigenvalue weighted by Gasteiger charge is -2.11. The molecule has 0 fully saturated rings. The molecule has 0 bridgehead atoms. The Kier molecular flexibility index (Phi) is 8.33. The standard InChI is InChI=1S/C27H35N5/c1-6-22-10-12-24(13-11-22)32-26(15-17-29-20(3)4)31-25-18-23(19-30-27(25)32)9-8-21(5)14-16-28-7-2/h2,10-13,18-19,21,28-29H,3,6,8-9,14-17H2,1,4-5H3. The number of nitrogens with one attached hydrogen (secondary N) is 2. The molecule has 168 valence electrons. The second-order valence-electron chi connectivity index (χ2n) is 8.53. The Morgan fingerprint density at radius 2 is 1.94 bits per heavy atom. The summed E-state index contributed by atoms with van der Waals surface area (Å²) < 4.78 is 2.19. The van der Waals surface area contributed by atoms with Crippen molar-refractivity contribution in [1.82, 2.24) is 25.2 Å². The minimum absolute atomic E-state index is 0.602. The van der Waals surface area contributed by atoms with Gasteiger partial charge in [0.2, 0.25) is 0 Å². The van der Waals surface area contributed by atoms with Crippen LogP contribution in [0.3, 0.4) is 0 Å². The van der Waals surface area contributed by atoms with Crippen molar-refractivity contribution in [3.63, 3.8) is 0 Å². The summed E-state index contributed by atoms with van der Waals surface area (Å²) in [6.45, 7) is 12.0. The summed E-state index contributed by atoms with van der Waals surface area (Å²) in [6.07, 6.45) is 12.3. The maximum Gasteiger partial charge on any atom is 0.164 e. The number of terminal acetylenes is 1. The quantitative estimate of drug-likeness (QED) is 0.247. The first-order valence-corrected chi connectivity index (χ1v) is 11.5. The summed E-state index contributed by atoms with van der Waals surface area (Å²) in [5.41, 5.74) is 6.48. The third kappa shape index (κ3) is 6.13. The van der Waals surface area contributed by atoms with E-state index in [0.29, 0.717) is 5.92 Å². The van der Waals surface area contributed by atoms with Crippen molar-refractivity contribution in [2.24, 2.45) is 5.92 Å². The van der Waals surface area contributed by atoms with E-state index in [1.165, 1.54) is 11.1 Å². The molecule has 0 aliphatic carbocycles. The number of hydrogen-bond acceptors (Lipinski definition) is 4. The predicted molar refractivity (Wildman–Crippen MR) is 134 cm³/mol. The monoisotopic (exact) mass is 429 g/mol. The van der Waals surface area contributed by atoms with E-state index in [2.05, 4.69) is 72.0 Å². The van der Waals surface area contributed by atoms with Crippen LogP contribution in [-0.4, -0.2) is 27.6 Å². The van der Waals surface area contributed by atoms with Crippen LogP contribution in [0.15, 0.2) is 48.8 Å². The van der Waals surface area contributed by atoms with Crippen LogP contribution < -0.4 is 10.6 Å². The maximum atomic E-state index is 5.26. The maximum absolute atomic E-state index is 5.26. The van der Waals surface area contributed by atoms with Gasteiger partial charge in [-0.25, -0.2) is 9.97 Å². The Bertz CT molecular complexity index is 1070. The van der Waals surface area contributed by atoms with Gasteiger partial charge in [-0.2, -0.15) is 0 Å². The average molecular weight is 430 g/mol. The van der Waals surface area contributed by atoms with Crippen molar-refractivity contribution in [1.29, 1.82) is 0 Å². The summed E-state index contributed by atoms with van der Waals surface area (Å²) >= 11 is 0. The van der Waals surface area contributed by atoms with E-state index < -0.39 is 0 Å². The second kappa shape index (κ2) is 11.4. The summed E-state index contributed by atoms with van der Waals surface area (Å²) in [5, 5.41) is 6.26. The normalized spacial score (nSPS) is 11.8. The van der Waals surface area contributed by atoms with Crippen molar-refractivity contribution in [2.45, 2.75) is 52.9 Å². The lowest BCUT2D eigenvalue weighted by Crippen LogP contribution is -2.16. The molecule has 0 aliphatic rings. The minimum atomic E-state index is 0.602. The van der Waals surface area contributed by atoms with E-state index in [-0.39, 0.29) is 0 Å². The van der Waals surface area contributed by atoms with Crippen LogP contribution >= 0.6 is 0 Å². The summed E-state index contributed by atoms with van der Waals surface area (Å²) in [5.74, 6) is 1.61. The smallest absolute Gasteiger partial charge is 0.164 e. The first-order valence-electron chi connectivity index (χ1n) is 11.5. The number of aromatic nitrogens is 3. The highest BCUT2D eigenvalue weighted by Gasteiger charge is 2.15. The van der Waals surface area contributed by atoms with Gasteiger partial charge in [0, 0.05) is 43.1 Å². The number of aryl methyl sites for hydroxylation is 2. The fourth-order valence-electron chi connectivity index (χ4n) is 3.85. The van der Waals surface area contributed by atoms with Crippen LogP contribution in [-0.2, 0) is 19.3 Å². The molecule has 3 aromatic rings. The third-order valence-corrected chi connectivity index (χ3v) is 5.79. The molecular weight excluding hydrogens is 394 g/mol. The van der Waals surface area contributed by atoms with E-state index in [0.717, 1.165) is 73.6 Å². The number of nitrogens with zero attached hydrogens (tertiary/aromatic N) is 3. The van der Waals surface area contributed by atoms with E-state index in [4.69, 9.17) is 16.4 Å². The number of hydrogen-bond donors (Lipinski definition) is 2. The molecule has 32 heavy (non-hydrogen) atoms. The molecule has 1 unspecified atom stereocenters. The number of fused-ring (bicyclic) bond motifs is 1.